The van der Waals surface area contributed by atoms with Crippen molar-refractivity contribution in [2.45, 2.75) is 26.9 Å². The first-order valence-corrected chi connectivity index (χ1v) is 17.4. The molecule has 8 N–H and O–H groups in total. The monoisotopic (exact) mass is 787 g/mol. The lowest BCUT2D eigenvalue weighted by molar-refractivity contribution is -0.115. The van der Waals surface area contributed by atoms with Crippen LogP contribution in [0.5, 0.6) is 17.2 Å². The number of benzene rings is 3. The van der Waals surface area contributed by atoms with E-state index in [2.05, 4.69) is 36.6 Å². The van der Waals surface area contributed by atoms with Crippen LogP contribution < -0.4 is 31.3 Å². The van der Waals surface area contributed by atoms with Crippen molar-refractivity contribution in [1.82, 2.24) is 15.3 Å². The Morgan fingerprint density at radius 1 is 0.690 bits per heavy atom. The summed E-state index contributed by atoms with van der Waals surface area (Å²) in [4.78, 5) is 83.1. The second-order valence-electron chi connectivity index (χ2n) is 12.8. The lowest BCUT2D eigenvalue weighted by Gasteiger charge is -2.18. The number of aromatic nitrogens is 2. The minimum Gasteiger partial charge on any atom is -0.508 e. The smallest absolute Gasteiger partial charge is 0.335 e. The van der Waals surface area contributed by atoms with Crippen LogP contribution in [0.3, 0.4) is 0 Å². The molecule has 17 nitrogen and oxygen atoms in total. The first-order chi connectivity index (χ1) is 27.7. The number of aromatic carboxylic acids is 1. The van der Waals surface area contributed by atoms with E-state index in [0.717, 1.165) is 5.56 Å². The predicted octanol–water partition coefficient (Wildman–Crippen LogP) is 5.29. The molecule has 0 bridgehead atoms. The highest BCUT2D eigenvalue weighted by molar-refractivity contribution is 6.09. The maximum absolute atomic E-state index is 13.1. The Morgan fingerprint density at radius 3 is 1.88 bits per heavy atom. The topological polar surface area (TPSA) is 258 Å². The Balaban J connectivity index is 1.13. The number of carboxylic acids is 1. The molecule has 0 atom stereocenters. The number of anilines is 4. The van der Waals surface area contributed by atoms with Crippen molar-refractivity contribution >= 4 is 64.3 Å². The maximum atomic E-state index is 13.1. The van der Waals surface area contributed by atoms with Crippen LogP contribution in [0, 0.1) is 0 Å². The number of ether oxygens (including phenoxy) is 1. The van der Waals surface area contributed by atoms with Gasteiger partial charge >= 0.3 is 5.97 Å². The van der Waals surface area contributed by atoms with E-state index < -0.39 is 53.9 Å². The van der Waals surface area contributed by atoms with Gasteiger partial charge in [-0.15, -0.1) is 0 Å². The summed E-state index contributed by atoms with van der Waals surface area (Å²) in [7, 11) is 0. The zero-order valence-corrected chi connectivity index (χ0v) is 31.2. The standard InChI is InChI=1S/C41H37N7O10/c1-22(2)58-36-31(17-14-30(35(36)51)38(53)46-26-8-6-25(7-9-26)41(56)57)48-40(55)33-16-10-27(19-43-33)45-34(50)21-44-39(54)32-15-11-28(20-42-32)47-37(52)23(3)18-24-4-12-29(49)13-5-24/h4-20,22,49,51H,21H2,1-3H3,(H,44,54)(H,45,50)(H,46,53)(H,47,52)(H,48,55)(H,56,57)/b23-18+. The number of aromatic hydroxyl groups is 2. The number of carbonyl (C=O) groups excluding carboxylic acids is 5. The maximum Gasteiger partial charge on any atom is 0.335 e. The van der Waals surface area contributed by atoms with Crippen LogP contribution in [-0.2, 0) is 9.59 Å². The highest BCUT2D eigenvalue weighted by Gasteiger charge is 2.22. The van der Waals surface area contributed by atoms with Gasteiger partial charge in [0.2, 0.25) is 5.91 Å². The summed E-state index contributed by atoms with van der Waals surface area (Å²) in [6, 6.07) is 20.0. The van der Waals surface area contributed by atoms with E-state index in [1.807, 2.05) is 0 Å². The summed E-state index contributed by atoms with van der Waals surface area (Å²) in [6.45, 7) is 4.57. The molecule has 2 aromatic heterocycles. The predicted molar refractivity (Wildman–Crippen MR) is 213 cm³/mol. The average molecular weight is 788 g/mol. The van der Waals surface area contributed by atoms with Crippen LogP contribution in [0.4, 0.5) is 22.7 Å². The number of rotatable bonds is 14. The minimum absolute atomic E-state index is 0.00262. The van der Waals surface area contributed by atoms with Crippen molar-refractivity contribution in [3.63, 3.8) is 0 Å². The Bertz CT molecular complexity index is 2380. The largest absolute Gasteiger partial charge is 0.508 e. The van der Waals surface area contributed by atoms with Gasteiger partial charge in [-0.05, 0) is 105 Å². The highest BCUT2D eigenvalue weighted by Crippen LogP contribution is 2.39. The Hall–Kier alpha value is -8.08. The Kier molecular flexibility index (Phi) is 13.1. The molecule has 5 rings (SSSR count). The van der Waals surface area contributed by atoms with E-state index in [4.69, 9.17) is 9.84 Å². The first kappa shape index (κ1) is 41.1. The van der Waals surface area contributed by atoms with Crippen LogP contribution in [0.2, 0.25) is 0 Å². The minimum atomic E-state index is -1.13. The fraction of sp³-hybridized carbons (Fsp3) is 0.122. The number of phenolic OH excluding ortho intramolecular Hbond substituents is 2. The summed E-state index contributed by atoms with van der Waals surface area (Å²) in [5.41, 5.74) is 1.79. The normalized spacial score (nSPS) is 10.9. The van der Waals surface area contributed by atoms with Gasteiger partial charge in [0.1, 0.15) is 17.1 Å². The second-order valence-corrected chi connectivity index (χ2v) is 12.8. The lowest BCUT2D eigenvalue weighted by atomic mass is 10.1. The van der Waals surface area contributed by atoms with Gasteiger partial charge in [0.25, 0.3) is 23.6 Å². The molecule has 0 saturated carbocycles. The Labute approximate surface area is 330 Å². The van der Waals surface area contributed by atoms with Gasteiger partial charge in [0.05, 0.1) is 53.2 Å². The number of amides is 5. The van der Waals surface area contributed by atoms with Crippen molar-refractivity contribution in [3.05, 3.63) is 131 Å². The molecule has 0 saturated heterocycles. The fourth-order valence-electron chi connectivity index (χ4n) is 5.07. The van der Waals surface area contributed by atoms with Crippen LogP contribution in [0.15, 0.2) is 103 Å². The van der Waals surface area contributed by atoms with Crippen molar-refractivity contribution in [3.8, 4) is 17.2 Å². The van der Waals surface area contributed by atoms with Gasteiger partial charge in [-0.2, -0.15) is 0 Å². The number of nitrogens with zero attached hydrogens (tertiary/aromatic N) is 2. The quantitative estimate of drug-likeness (QED) is 0.0668. The summed E-state index contributed by atoms with van der Waals surface area (Å²) >= 11 is 0. The third-order valence-electron chi connectivity index (χ3n) is 7.95. The van der Waals surface area contributed by atoms with E-state index >= 15 is 0 Å². The molecule has 58 heavy (non-hydrogen) atoms. The van der Waals surface area contributed by atoms with Crippen LogP contribution >= 0.6 is 0 Å². The second kappa shape index (κ2) is 18.5. The van der Waals surface area contributed by atoms with Gasteiger partial charge < -0.3 is 46.6 Å². The molecule has 5 amide bonds. The SMILES string of the molecule is C/C(=C\c1ccc(O)cc1)C(=O)Nc1ccc(C(=O)NCC(=O)Nc2ccc(C(=O)Nc3ccc(C(=O)Nc4ccc(C(=O)O)cc4)c(O)c3OC(C)C)nc2)nc1. The molecule has 0 aliphatic heterocycles. The molecular formula is C41H37N7O10. The van der Waals surface area contributed by atoms with Crippen molar-refractivity contribution < 1.29 is 48.8 Å². The van der Waals surface area contributed by atoms with E-state index in [1.54, 1.807) is 39.0 Å². The van der Waals surface area contributed by atoms with Gasteiger partial charge in [0, 0.05) is 11.3 Å². The molecule has 0 radical (unpaired) electrons. The van der Waals surface area contributed by atoms with Gasteiger partial charge in [-0.3, -0.25) is 24.0 Å². The molecular weight excluding hydrogens is 750 g/mol. The number of nitrogens with one attached hydrogen (secondary N) is 5. The van der Waals surface area contributed by atoms with E-state index in [1.165, 1.54) is 85.2 Å². The third kappa shape index (κ3) is 11.0. The number of carbonyl (C=O) groups is 6. The van der Waals surface area contributed by atoms with Gasteiger partial charge in [-0.25, -0.2) is 14.8 Å². The van der Waals surface area contributed by atoms with Crippen molar-refractivity contribution in [1.29, 1.82) is 0 Å². The lowest BCUT2D eigenvalue weighted by Crippen LogP contribution is -2.33. The van der Waals surface area contributed by atoms with Gasteiger partial charge in [0.15, 0.2) is 11.5 Å². The van der Waals surface area contributed by atoms with Crippen molar-refractivity contribution in [2.75, 3.05) is 27.8 Å². The van der Waals surface area contributed by atoms with Crippen LogP contribution in [-0.4, -0.2) is 73.4 Å². The summed E-state index contributed by atoms with van der Waals surface area (Å²) < 4.78 is 5.74. The number of phenols is 2. The fourth-order valence-corrected chi connectivity index (χ4v) is 5.07. The number of hydrogen-bond acceptors (Lipinski definition) is 11. The number of hydrogen-bond donors (Lipinski definition) is 8. The Morgan fingerprint density at radius 2 is 1.29 bits per heavy atom. The number of carboxylic acid groups (broad SMARTS) is 1. The summed E-state index contributed by atoms with van der Waals surface area (Å²) in [5.74, 6) is -4.79. The van der Waals surface area contributed by atoms with Crippen molar-refractivity contribution in [2.24, 2.45) is 0 Å². The molecule has 3 aromatic carbocycles. The molecule has 0 unspecified atom stereocenters. The number of pyridine rings is 2. The molecule has 17 heteroatoms. The molecule has 0 aliphatic rings. The van der Waals surface area contributed by atoms with Crippen LogP contribution in [0.1, 0.15) is 68.0 Å². The first-order valence-electron chi connectivity index (χ1n) is 17.4. The molecule has 0 aliphatic carbocycles. The molecule has 0 spiro atoms. The third-order valence-corrected chi connectivity index (χ3v) is 7.95. The summed E-state index contributed by atoms with van der Waals surface area (Å²) in [6.07, 6.45) is 3.70. The molecule has 2 heterocycles. The average Bonchev–Trinajstić information content (AvgIpc) is 3.19. The van der Waals surface area contributed by atoms with E-state index in [-0.39, 0.29) is 51.1 Å². The van der Waals surface area contributed by atoms with Gasteiger partial charge in [-0.1, -0.05) is 12.1 Å². The summed E-state index contributed by atoms with van der Waals surface area (Å²) in [5, 5.41) is 42.4. The molecule has 296 valence electrons. The molecule has 5 aromatic rings. The van der Waals surface area contributed by atoms with Crippen LogP contribution in [0.25, 0.3) is 6.08 Å². The zero-order valence-electron chi connectivity index (χ0n) is 31.2. The highest BCUT2D eigenvalue weighted by atomic mass is 16.5. The zero-order chi connectivity index (χ0) is 41.9. The molecule has 0 fully saturated rings. The van der Waals surface area contributed by atoms with E-state index in [9.17, 15) is 39.0 Å². The van der Waals surface area contributed by atoms with E-state index in [0.29, 0.717) is 11.3 Å².